The highest BCUT2D eigenvalue weighted by atomic mass is 16.5. The average molecular weight is 294 g/mol. The maximum absolute atomic E-state index is 11.5. The van der Waals surface area contributed by atoms with Gasteiger partial charge >= 0.3 is 0 Å². The van der Waals surface area contributed by atoms with Crippen molar-refractivity contribution in [1.29, 1.82) is 0 Å². The molecule has 0 aliphatic carbocycles. The minimum Gasteiger partial charge on any atom is -0.494 e. The summed E-state index contributed by atoms with van der Waals surface area (Å²) in [5.41, 5.74) is 6.06. The number of nitrogens with one attached hydrogen (secondary N) is 1. The van der Waals surface area contributed by atoms with Crippen LogP contribution in [0.4, 0.5) is 5.69 Å². The second-order valence-electron chi connectivity index (χ2n) is 5.07. The van der Waals surface area contributed by atoms with Crippen molar-refractivity contribution >= 4 is 11.6 Å². The van der Waals surface area contributed by atoms with E-state index in [0.717, 1.165) is 12.2 Å². The third kappa shape index (κ3) is 7.11. The Kier molecular flexibility index (Phi) is 8.47. The molecular formula is C16H26N2O3. The summed E-state index contributed by atoms with van der Waals surface area (Å²) in [5, 5.41) is 11.4. The average Bonchev–Trinajstić information content (AvgIpc) is 2.51. The molecule has 0 heterocycles. The lowest BCUT2D eigenvalue weighted by molar-refractivity contribution is -0.118. The van der Waals surface area contributed by atoms with Gasteiger partial charge in [-0.2, -0.15) is 0 Å². The number of rotatable bonds is 10. The van der Waals surface area contributed by atoms with Gasteiger partial charge in [0.15, 0.2) is 0 Å². The maximum Gasteiger partial charge on any atom is 0.243 e. The van der Waals surface area contributed by atoms with E-state index in [1.165, 1.54) is 25.7 Å². The van der Waals surface area contributed by atoms with Crippen molar-refractivity contribution in [1.82, 2.24) is 0 Å². The SMILES string of the molecule is CCCCCCCOc1ccc(NC(=O)C(N)CO)cc1. The van der Waals surface area contributed by atoms with E-state index < -0.39 is 11.9 Å². The first-order valence-corrected chi connectivity index (χ1v) is 7.57. The van der Waals surface area contributed by atoms with E-state index in [0.29, 0.717) is 12.3 Å². The Labute approximate surface area is 126 Å². The molecule has 0 spiro atoms. The summed E-state index contributed by atoms with van der Waals surface area (Å²) >= 11 is 0. The lowest BCUT2D eigenvalue weighted by Crippen LogP contribution is -2.38. The molecular weight excluding hydrogens is 268 g/mol. The lowest BCUT2D eigenvalue weighted by atomic mass is 10.2. The predicted octanol–water partition coefficient (Wildman–Crippen LogP) is 2.29. The molecule has 1 aromatic rings. The number of anilines is 1. The van der Waals surface area contributed by atoms with Crippen LogP contribution in [-0.4, -0.2) is 30.3 Å². The Morgan fingerprint density at radius 1 is 1.24 bits per heavy atom. The van der Waals surface area contributed by atoms with Gasteiger partial charge in [-0.15, -0.1) is 0 Å². The van der Waals surface area contributed by atoms with E-state index >= 15 is 0 Å². The third-order valence-electron chi connectivity index (χ3n) is 3.17. The molecule has 4 N–H and O–H groups in total. The van der Waals surface area contributed by atoms with Crippen molar-refractivity contribution in [2.45, 2.75) is 45.1 Å². The Morgan fingerprint density at radius 2 is 1.90 bits per heavy atom. The molecule has 1 unspecified atom stereocenters. The van der Waals surface area contributed by atoms with Crippen molar-refractivity contribution < 1.29 is 14.6 Å². The highest BCUT2D eigenvalue weighted by molar-refractivity contribution is 5.94. The first kappa shape index (κ1) is 17.5. The van der Waals surface area contributed by atoms with Gasteiger partial charge in [0.25, 0.3) is 0 Å². The standard InChI is InChI=1S/C16H26N2O3/c1-2-3-4-5-6-11-21-14-9-7-13(8-10-14)18-16(20)15(17)12-19/h7-10,15,19H,2-6,11-12,17H2,1H3,(H,18,20). The smallest absolute Gasteiger partial charge is 0.243 e. The number of amides is 1. The molecule has 0 aromatic heterocycles. The van der Waals surface area contributed by atoms with Crippen LogP contribution in [0.25, 0.3) is 0 Å². The zero-order chi connectivity index (χ0) is 15.5. The summed E-state index contributed by atoms with van der Waals surface area (Å²) < 4.78 is 5.64. The van der Waals surface area contributed by atoms with Crippen LogP contribution >= 0.6 is 0 Å². The zero-order valence-corrected chi connectivity index (χ0v) is 12.7. The fourth-order valence-corrected chi connectivity index (χ4v) is 1.85. The normalized spacial score (nSPS) is 12.0. The molecule has 0 bridgehead atoms. The predicted molar refractivity (Wildman–Crippen MR) is 84.4 cm³/mol. The van der Waals surface area contributed by atoms with Gasteiger partial charge in [0, 0.05) is 5.69 Å². The van der Waals surface area contributed by atoms with Crippen LogP contribution in [0, 0.1) is 0 Å². The van der Waals surface area contributed by atoms with Crippen LogP contribution in [0.15, 0.2) is 24.3 Å². The topological polar surface area (TPSA) is 84.6 Å². The molecule has 1 atom stereocenters. The first-order chi connectivity index (χ1) is 10.2. The van der Waals surface area contributed by atoms with Gasteiger partial charge in [0.1, 0.15) is 11.8 Å². The second kappa shape index (κ2) is 10.2. The summed E-state index contributed by atoms with van der Waals surface area (Å²) in [7, 11) is 0. The Bertz CT molecular complexity index is 406. The van der Waals surface area contributed by atoms with Crippen molar-refractivity contribution in [2.75, 3.05) is 18.5 Å². The summed E-state index contributed by atoms with van der Waals surface area (Å²) in [4.78, 5) is 11.5. The van der Waals surface area contributed by atoms with Crippen molar-refractivity contribution in [3.63, 3.8) is 0 Å². The summed E-state index contributed by atoms with van der Waals surface area (Å²) in [6.07, 6.45) is 6.04. The molecule has 0 radical (unpaired) electrons. The van der Waals surface area contributed by atoms with Crippen LogP contribution in [0.2, 0.25) is 0 Å². The molecule has 0 saturated carbocycles. The number of benzene rings is 1. The summed E-state index contributed by atoms with van der Waals surface area (Å²) in [6.45, 7) is 2.54. The van der Waals surface area contributed by atoms with Crippen molar-refractivity contribution in [3.05, 3.63) is 24.3 Å². The molecule has 1 amide bonds. The highest BCUT2D eigenvalue weighted by Crippen LogP contribution is 2.16. The van der Waals surface area contributed by atoms with Gasteiger partial charge in [-0.3, -0.25) is 4.79 Å². The number of carbonyl (C=O) groups excluding carboxylic acids is 1. The van der Waals surface area contributed by atoms with Crippen LogP contribution in [0.3, 0.4) is 0 Å². The van der Waals surface area contributed by atoms with E-state index in [1.54, 1.807) is 12.1 Å². The van der Waals surface area contributed by atoms with Crippen LogP contribution in [0.5, 0.6) is 5.75 Å². The monoisotopic (exact) mass is 294 g/mol. The molecule has 0 aliphatic heterocycles. The number of aliphatic hydroxyl groups excluding tert-OH is 1. The van der Waals surface area contributed by atoms with E-state index in [1.807, 2.05) is 12.1 Å². The van der Waals surface area contributed by atoms with Gasteiger partial charge < -0.3 is 20.9 Å². The van der Waals surface area contributed by atoms with Crippen LogP contribution < -0.4 is 15.8 Å². The molecule has 1 rings (SSSR count). The zero-order valence-electron chi connectivity index (χ0n) is 12.7. The molecule has 5 heteroatoms. The first-order valence-electron chi connectivity index (χ1n) is 7.57. The van der Waals surface area contributed by atoms with Crippen LogP contribution in [-0.2, 0) is 4.79 Å². The van der Waals surface area contributed by atoms with Gasteiger partial charge in [-0.25, -0.2) is 0 Å². The van der Waals surface area contributed by atoms with E-state index in [4.69, 9.17) is 15.6 Å². The highest BCUT2D eigenvalue weighted by Gasteiger charge is 2.11. The molecule has 5 nitrogen and oxygen atoms in total. The largest absolute Gasteiger partial charge is 0.494 e. The number of aliphatic hydroxyl groups is 1. The Morgan fingerprint density at radius 3 is 2.52 bits per heavy atom. The molecule has 21 heavy (non-hydrogen) atoms. The summed E-state index contributed by atoms with van der Waals surface area (Å²) in [6, 6.07) is 6.24. The second-order valence-corrected chi connectivity index (χ2v) is 5.07. The minimum absolute atomic E-state index is 0.370. The molecule has 0 aliphatic rings. The number of carbonyl (C=O) groups is 1. The molecule has 118 valence electrons. The number of hydrogen-bond acceptors (Lipinski definition) is 4. The molecule has 1 aromatic carbocycles. The molecule has 0 fully saturated rings. The van der Waals surface area contributed by atoms with E-state index in [-0.39, 0.29) is 6.61 Å². The maximum atomic E-state index is 11.5. The number of unbranched alkanes of at least 4 members (excludes halogenated alkanes) is 4. The molecule has 0 saturated heterocycles. The summed E-state index contributed by atoms with van der Waals surface area (Å²) in [5.74, 6) is 0.386. The van der Waals surface area contributed by atoms with Gasteiger partial charge in [0.05, 0.1) is 13.2 Å². The van der Waals surface area contributed by atoms with Gasteiger partial charge in [-0.1, -0.05) is 32.6 Å². The van der Waals surface area contributed by atoms with Crippen molar-refractivity contribution in [3.8, 4) is 5.75 Å². The quantitative estimate of drug-likeness (QED) is 0.578. The lowest BCUT2D eigenvalue weighted by Gasteiger charge is -2.10. The third-order valence-corrected chi connectivity index (χ3v) is 3.17. The minimum atomic E-state index is -0.899. The Balaban J connectivity index is 2.28. The van der Waals surface area contributed by atoms with Crippen molar-refractivity contribution in [2.24, 2.45) is 5.73 Å². The number of nitrogens with two attached hydrogens (primary N) is 1. The van der Waals surface area contributed by atoms with Gasteiger partial charge in [0.2, 0.25) is 5.91 Å². The van der Waals surface area contributed by atoms with Crippen LogP contribution in [0.1, 0.15) is 39.0 Å². The van der Waals surface area contributed by atoms with Gasteiger partial charge in [-0.05, 0) is 30.7 Å². The van der Waals surface area contributed by atoms with E-state index in [9.17, 15) is 4.79 Å². The Hall–Kier alpha value is -1.59. The van der Waals surface area contributed by atoms with E-state index in [2.05, 4.69) is 12.2 Å². The fraction of sp³-hybridized carbons (Fsp3) is 0.562. The fourth-order valence-electron chi connectivity index (χ4n) is 1.85. The number of ether oxygens (including phenoxy) is 1. The number of hydrogen-bond donors (Lipinski definition) is 3.